The van der Waals surface area contributed by atoms with Crippen molar-refractivity contribution in [3.05, 3.63) is 36.5 Å². The average molecular weight is 193 g/mol. The van der Waals surface area contributed by atoms with Crippen molar-refractivity contribution in [2.45, 2.75) is 26.7 Å². The highest BCUT2D eigenvalue weighted by Crippen LogP contribution is 2.21. The second-order valence-electron chi connectivity index (χ2n) is 2.64. The summed E-state index contributed by atoms with van der Waals surface area (Å²) in [5.74, 6) is 0.103. The second-order valence-corrected chi connectivity index (χ2v) is 2.64. The van der Waals surface area contributed by atoms with Crippen molar-refractivity contribution >= 4 is 5.91 Å². The Morgan fingerprint density at radius 2 is 2.00 bits per heavy atom. The molecule has 0 saturated carbocycles. The Morgan fingerprint density at radius 3 is 2.57 bits per heavy atom. The molecule has 0 aromatic carbocycles. The van der Waals surface area contributed by atoms with E-state index in [1.807, 2.05) is 19.9 Å². The van der Waals surface area contributed by atoms with Gasteiger partial charge in [-0.05, 0) is 18.4 Å². The summed E-state index contributed by atoms with van der Waals surface area (Å²) in [7, 11) is 0. The molecule has 2 nitrogen and oxygen atoms in total. The summed E-state index contributed by atoms with van der Waals surface area (Å²) in [6, 6.07) is 0. The predicted octanol–water partition coefficient (Wildman–Crippen LogP) is 2.59. The molecular formula is C12H19NO. The molecule has 14 heavy (non-hydrogen) atoms. The number of carbonyl (C=O) groups excluding carboxylic acids is 1. The monoisotopic (exact) mass is 193 g/mol. The van der Waals surface area contributed by atoms with Crippen molar-refractivity contribution < 1.29 is 4.79 Å². The SMILES string of the molecule is C=C.CC.O=C1NCC2=C1C=CCC2. The topological polar surface area (TPSA) is 29.1 Å². The zero-order valence-corrected chi connectivity index (χ0v) is 9.10. The highest BCUT2D eigenvalue weighted by Gasteiger charge is 2.20. The van der Waals surface area contributed by atoms with Crippen LogP contribution in [0.3, 0.4) is 0 Å². The first-order chi connectivity index (χ1) is 6.88. The summed E-state index contributed by atoms with van der Waals surface area (Å²) in [6.45, 7) is 10.8. The maximum absolute atomic E-state index is 11.0. The minimum atomic E-state index is 0.103. The molecule has 0 saturated heterocycles. The molecule has 0 fully saturated rings. The summed E-state index contributed by atoms with van der Waals surface area (Å²) < 4.78 is 0. The number of carbonyl (C=O) groups is 1. The number of amides is 1. The Hall–Kier alpha value is -1.31. The maximum atomic E-state index is 11.0. The fourth-order valence-corrected chi connectivity index (χ4v) is 1.41. The molecule has 1 aliphatic carbocycles. The lowest BCUT2D eigenvalue weighted by molar-refractivity contribution is -0.116. The van der Waals surface area contributed by atoms with Gasteiger partial charge in [-0.2, -0.15) is 0 Å². The fraction of sp³-hybridized carbons (Fsp3) is 0.417. The summed E-state index contributed by atoms with van der Waals surface area (Å²) in [6.07, 6.45) is 6.14. The summed E-state index contributed by atoms with van der Waals surface area (Å²) in [4.78, 5) is 11.0. The molecule has 0 unspecified atom stereocenters. The first-order valence-corrected chi connectivity index (χ1v) is 5.05. The Morgan fingerprint density at radius 1 is 1.36 bits per heavy atom. The van der Waals surface area contributed by atoms with Gasteiger partial charge < -0.3 is 5.32 Å². The second kappa shape index (κ2) is 7.13. The minimum absolute atomic E-state index is 0.103. The average Bonchev–Trinajstić information content (AvgIpc) is 2.67. The third-order valence-electron chi connectivity index (χ3n) is 1.99. The van der Waals surface area contributed by atoms with Crippen LogP contribution in [-0.4, -0.2) is 12.5 Å². The standard InChI is InChI=1S/C8H9NO.C2H6.C2H4/c10-8-7-4-2-1-3-6(7)5-9-8;2*1-2/h2,4H,1,3,5H2,(H,9,10);1-2H3;1-2H2. The van der Waals surface area contributed by atoms with Crippen LogP contribution in [0, 0.1) is 0 Å². The van der Waals surface area contributed by atoms with Gasteiger partial charge in [0.1, 0.15) is 0 Å². The molecule has 0 spiro atoms. The van der Waals surface area contributed by atoms with Crippen molar-refractivity contribution in [1.29, 1.82) is 0 Å². The van der Waals surface area contributed by atoms with Crippen LogP contribution in [0.4, 0.5) is 0 Å². The van der Waals surface area contributed by atoms with E-state index in [-0.39, 0.29) is 5.91 Å². The van der Waals surface area contributed by atoms with E-state index in [4.69, 9.17) is 0 Å². The minimum Gasteiger partial charge on any atom is -0.348 e. The molecule has 0 atom stereocenters. The molecule has 1 heterocycles. The van der Waals surface area contributed by atoms with Gasteiger partial charge in [-0.1, -0.05) is 26.0 Å². The molecule has 2 aliphatic rings. The summed E-state index contributed by atoms with van der Waals surface area (Å²) in [5.41, 5.74) is 2.19. The fourth-order valence-electron chi connectivity index (χ4n) is 1.41. The Labute approximate surface area is 86.4 Å². The highest BCUT2D eigenvalue weighted by atomic mass is 16.1. The highest BCUT2D eigenvalue weighted by molar-refractivity contribution is 5.99. The van der Waals surface area contributed by atoms with E-state index in [9.17, 15) is 4.79 Å². The third kappa shape index (κ3) is 2.87. The van der Waals surface area contributed by atoms with E-state index in [1.54, 1.807) is 0 Å². The normalized spacial score (nSPS) is 17.1. The van der Waals surface area contributed by atoms with Crippen molar-refractivity contribution in [2.75, 3.05) is 6.54 Å². The van der Waals surface area contributed by atoms with Crippen LogP contribution in [0.15, 0.2) is 36.5 Å². The first-order valence-electron chi connectivity index (χ1n) is 5.05. The van der Waals surface area contributed by atoms with Crippen molar-refractivity contribution in [3.8, 4) is 0 Å². The van der Waals surface area contributed by atoms with Crippen LogP contribution < -0.4 is 5.32 Å². The number of rotatable bonds is 0. The Kier molecular flexibility index (Phi) is 6.46. The van der Waals surface area contributed by atoms with Crippen LogP contribution in [0.25, 0.3) is 0 Å². The van der Waals surface area contributed by atoms with Gasteiger partial charge in [0, 0.05) is 12.1 Å². The van der Waals surface area contributed by atoms with Crippen molar-refractivity contribution in [1.82, 2.24) is 5.32 Å². The molecule has 2 heteroatoms. The van der Waals surface area contributed by atoms with Gasteiger partial charge in [0.25, 0.3) is 5.91 Å². The van der Waals surface area contributed by atoms with E-state index in [1.165, 1.54) is 5.57 Å². The summed E-state index contributed by atoms with van der Waals surface area (Å²) >= 11 is 0. The van der Waals surface area contributed by atoms with Gasteiger partial charge in [-0.3, -0.25) is 4.79 Å². The van der Waals surface area contributed by atoms with E-state index in [2.05, 4.69) is 24.6 Å². The largest absolute Gasteiger partial charge is 0.348 e. The van der Waals surface area contributed by atoms with Crippen LogP contribution in [0.2, 0.25) is 0 Å². The van der Waals surface area contributed by atoms with Crippen LogP contribution in [0.5, 0.6) is 0 Å². The lowest BCUT2D eigenvalue weighted by atomic mass is 10.0. The van der Waals surface area contributed by atoms with E-state index >= 15 is 0 Å². The van der Waals surface area contributed by atoms with Crippen molar-refractivity contribution in [3.63, 3.8) is 0 Å². The van der Waals surface area contributed by atoms with E-state index < -0.39 is 0 Å². The van der Waals surface area contributed by atoms with Gasteiger partial charge in [0.15, 0.2) is 0 Å². The van der Waals surface area contributed by atoms with Gasteiger partial charge >= 0.3 is 0 Å². The molecule has 0 aromatic heterocycles. The number of hydrogen-bond acceptors (Lipinski definition) is 1. The number of nitrogens with one attached hydrogen (secondary N) is 1. The molecule has 78 valence electrons. The molecule has 0 bridgehead atoms. The van der Waals surface area contributed by atoms with Crippen LogP contribution >= 0.6 is 0 Å². The molecule has 2 rings (SSSR count). The van der Waals surface area contributed by atoms with Crippen LogP contribution in [0.1, 0.15) is 26.7 Å². The lowest BCUT2D eigenvalue weighted by Gasteiger charge is -2.03. The zero-order chi connectivity index (χ0) is 11.0. The van der Waals surface area contributed by atoms with Gasteiger partial charge in [-0.25, -0.2) is 0 Å². The maximum Gasteiger partial charge on any atom is 0.251 e. The molecule has 1 amide bonds. The van der Waals surface area contributed by atoms with Gasteiger partial charge in [0.2, 0.25) is 0 Å². The molecule has 1 N–H and O–H groups in total. The van der Waals surface area contributed by atoms with Crippen molar-refractivity contribution in [2.24, 2.45) is 0 Å². The zero-order valence-electron chi connectivity index (χ0n) is 9.10. The van der Waals surface area contributed by atoms with Crippen LogP contribution in [-0.2, 0) is 4.79 Å². The molecule has 1 aliphatic heterocycles. The smallest absolute Gasteiger partial charge is 0.251 e. The molecular weight excluding hydrogens is 174 g/mol. The van der Waals surface area contributed by atoms with Gasteiger partial charge in [-0.15, -0.1) is 13.2 Å². The number of allylic oxidation sites excluding steroid dienone is 1. The Bertz CT molecular complexity index is 247. The lowest BCUT2D eigenvalue weighted by Crippen LogP contribution is -2.16. The third-order valence-corrected chi connectivity index (χ3v) is 1.99. The molecule has 0 radical (unpaired) electrons. The van der Waals surface area contributed by atoms with E-state index in [0.29, 0.717) is 0 Å². The quantitative estimate of drug-likeness (QED) is 0.589. The number of hydrogen-bond donors (Lipinski definition) is 1. The summed E-state index contributed by atoms with van der Waals surface area (Å²) in [5, 5.41) is 2.80. The van der Waals surface area contributed by atoms with E-state index in [0.717, 1.165) is 25.0 Å². The predicted molar refractivity (Wildman–Crippen MR) is 61.0 cm³/mol. The van der Waals surface area contributed by atoms with Gasteiger partial charge in [0.05, 0.1) is 0 Å². The first kappa shape index (κ1) is 12.7. The Balaban J connectivity index is 0.000000379. The molecule has 0 aromatic rings.